The summed E-state index contributed by atoms with van der Waals surface area (Å²) >= 11 is 0. The van der Waals surface area contributed by atoms with Crippen molar-refractivity contribution in [2.45, 2.75) is 13.8 Å². The summed E-state index contributed by atoms with van der Waals surface area (Å²) in [5, 5.41) is 8.32. The monoisotopic (exact) mass is 360 g/mol. The van der Waals surface area contributed by atoms with Crippen LogP contribution in [0, 0.1) is 0 Å². The Morgan fingerprint density at radius 3 is 2.07 bits per heavy atom. The Morgan fingerprint density at radius 1 is 0.889 bits per heavy atom. The predicted octanol–water partition coefficient (Wildman–Crippen LogP) is 2.81. The van der Waals surface area contributed by atoms with Gasteiger partial charge in [0.1, 0.15) is 0 Å². The van der Waals surface area contributed by atoms with E-state index in [2.05, 4.69) is 15.2 Å². The van der Waals surface area contributed by atoms with Gasteiger partial charge in [-0.25, -0.2) is 4.57 Å². The van der Waals surface area contributed by atoms with Gasteiger partial charge in [0.25, 0.3) is 5.56 Å². The molecule has 0 fully saturated rings. The fraction of sp³-hybridized carbons (Fsp3) is 0.200. The van der Waals surface area contributed by atoms with E-state index in [9.17, 15) is 4.79 Å². The van der Waals surface area contributed by atoms with Gasteiger partial charge in [-0.2, -0.15) is 9.67 Å². The van der Waals surface area contributed by atoms with Crippen molar-refractivity contribution in [3.05, 3.63) is 71.0 Å². The Balaban J connectivity index is 2.05. The highest BCUT2D eigenvalue weighted by atomic mass is 16.1. The number of fused-ring (bicyclic) bond motifs is 1. The van der Waals surface area contributed by atoms with Crippen LogP contribution >= 0.6 is 0 Å². The summed E-state index contributed by atoms with van der Waals surface area (Å²) in [4.78, 5) is 20.2. The van der Waals surface area contributed by atoms with Crippen LogP contribution in [-0.2, 0) is 0 Å². The number of benzene rings is 2. The van der Waals surface area contributed by atoms with Crippen molar-refractivity contribution in [1.82, 2.24) is 24.5 Å². The fourth-order valence-corrected chi connectivity index (χ4v) is 3.13. The molecular formula is C20H20N6O. The number of hydrogen-bond donors (Lipinski definition) is 0. The normalized spacial score (nSPS) is 11.0. The first-order chi connectivity index (χ1) is 13.2. The quantitative estimate of drug-likeness (QED) is 0.547. The molecule has 2 heterocycles. The van der Waals surface area contributed by atoms with Crippen LogP contribution in [0.5, 0.6) is 0 Å². The van der Waals surface area contributed by atoms with Crippen LogP contribution < -0.4 is 10.5 Å². The summed E-state index contributed by atoms with van der Waals surface area (Å²) in [6.45, 7) is 5.55. The molecule has 0 N–H and O–H groups in total. The van der Waals surface area contributed by atoms with Crippen molar-refractivity contribution in [1.29, 1.82) is 0 Å². The van der Waals surface area contributed by atoms with Crippen molar-refractivity contribution < 1.29 is 0 Å². The SMILES string of the molecule is CCN(CC)c1nc2c(nnn2-c2ccccc2)c(=O)n1-c1ccccc1. The van der Waals surface area contributed by atoms with Gasteiger partial charge in [-0.1, -0.05) is 41.6 Å². The van der Waals surface area contributed by atoms with E-state index in [0.717, 1.165) is 24.5 Å². The minimum Gasteiger partial charge on any atom is -0.342 e. The lowest BCUT2D eigenvalue weighted by Crippen LogP contribution is -2.32. The Kier molecular flexibility index (Phi) is 4.42. The molecule has 4 rings (SSSR count). The highest BCUT2D eigenvalue weighted by Crippen LogP contribution is 2.20. The molecular weight excluding hydrogens is 340 g/mol. The summed E-state index contributed by atoms with van der Waals surface area (Å²) in [5.41, 5.74) is 2.05. The molecule has 2 aromatic heterocycles. The zero-order valence-electron chi connectivity index (χ0n) is 15.3. The van der Waals surface area contributed by atoms with Gasteiger partial charge in [0.15, 0.2) is 11.2 Å². The van der Waals surface area contributed by atoms with Crippen molar-refractivity contribution in [3.8, 4) is 11.4 Å². The summed E-state index contributed by atoms with van der Waals surface area (Å²) in [6.07, 6.45) is 0. The van der Waals surface area contributed by atoms with Gasteiger partial charge in [-0.15, -0.1) is 5.10 Å². The fourth-order valence-electron chi connectivity index (χ4n) is 3.13. The Morgan fingerprint density at radius 2 is 1.48 bits per heavy atom. The van der Waals surface area contributed by atoms with Gasteiger partial charge in [-0.3, -0.25) is 4.79 Å². The molecule has 0 unspecified atom stereocenters. The molecule has 0 spiro atoms. The molecule has 4 aromatic rings. The highest BCUT2D eigenvalue weighted by Gasteiger charge is 2.21. The van der Waals surface area contributed by atoms with Crippen molar-refractivity contribution >= 4 is 17.1 Å². The van der Waals surface area contributed by atoms with Crippen molar-refractivity contribution in [2.75, 3.05) is 18.0 Å². The maximum absolute atomic E-state index is 13.3. The van der Waals surface area contributed by atoms with E-state index in [4.69, 9.17) is 4.98 Å². The van der Waals surface area contributed by atoms with Crippen LogP contribution in [0.25, 0.3) is 22.5 Å². The van der Waals surface area contributed by atoms with Gasteiger partial charge >= 0.3 is 0 Å². The zero-order valence-corrected chi connectivity index (χ0v) is 15.3. The maximum Gasteiger partial charge on any atom is 0.289 e. The lowest BCUT2D eigenvalue weighted by Gasteiger charge is -2.23. The summed E-state index contributed by atoms with van der Waals surface area (Å²) in [7, 11) is 0. The molecule has 0 aliphatic heterocycles. The van der Waals surface area contributed by atoms with Crippen LogP contribution in [0.1, 0.15) is 13.8 Å². The second-order valence-corrected chi connectivity index (χ2v) is 6.07. The molecule has 0 aliphatic rings. The lowest BCUT2D eigenvalue weighted by atomic mass is 10.3. The van der Waals surface area contributed by atoms with Gasteiger partial charge in [0, 0.05) is 13.1 Å². The van der Waals surface area contributed by atoms with E-state index in [1.807, 2.05) is 74.5 Å². The van der Waals surface area contributed by atoms with Crippen LogP contribution in [0.15, 0.2) is 65.5 Å². The minimum absolute atomic E-state index is 0.227. The van der Waals surface area contributed by atoms with E-state index in [-0.39, 0.29) is 11.1 Å². The topological polar surface area (TPSA) is 68.8 Å². The minimum atomic E-state index is -0.227. The third-order valence-corrected chi connectivity index (χ3v) is 4.52. The number of aromatic nitrogens is 5. The molecule has 7 nitrogen and oxygen atoms in total. The van der Waals surface area contributed by atoms with Crippen molar-refractivity contribution in [2.24, 2.45) is 0 Å². The molecule has 0 saturated heterocycles. The van der Waals surface area contributed by atoms with E-state index in [1.54, 1.807) is 9.25 Å². The number of para-hydroxylation sites is 2. The maximum atomic E-state index is 13.3. The highest BCUT2D eigenvalue weighted by molar-refractivity contribution is 5.73. The van der Waals surface area contributed by atoms with E-state index in [1.165, 1.54) is 0 Å². The first-order valence-electron chi connectivity index (χ1n) is 8.98. The molecule has 7 heteroatoms. The Bertz CT molecular complexity index is 1110. The van der Waals surface area contributed by atoms with Crippen LogP contribution in [0.3, 0.4) is 0 Å². The van der Waals surface area contributed by atoms with Gasteiger partial charge in [0.05, 0.1) is 11.4 Å². The molecule has 0 bridgehead atoms. The van der Waals surface area contributed by atoms with Crippen molar-refractivity contribution in [3.63, 3.8) is 0 Å². The number of anilines is 1. The van der Waals surface area contributed by atoms with Crippen LogP contribution in [0.2, 0.25) is 0 Å². The summed E-state index contributed by atoms with van der Waals surface area (Å²) in [6, 6.07) is 19.1. The Labute approximate surface area is 156 Å². The van der Waals surface area contributed by atoms with Crippen LogP contribution in [0.4, 0.5) is 5.95 Å². The smallest absolute Gasteiger partial charge is 0.289 e. The lowest BCUT2D eigenvalue weighted by molar-refractivity contribution is 0.780. The zero-order chi connectivity index (χ0) is 18.8. The first-order valence-corrected chi connectivity index (χ1v) is 8.98. The average molecular weight is 360 g/mol. The second kappa shape index (κ2) is 7.03. The largest absolute Gasteiger partial charge is 0.342 e. The number of hydrogen-bond acceptors (Lipinski definition) is 5. The summed E-state index contributed by atoms with van der Waals surface area (Å²) in [5.74, 6) is 0.586. The van der Waals surface area contributed by atoms with Gasteiger partial charge < -0.3 is 4.90 Å². The molecule has 0 radical (unpaired) electrons. The number of nitrogens with zero attached hydrogens (tertiary/aromatic N) is 6. The molecule has 0 saturated carbocycles. The van der Waals surface area contributed by atoms with E-state index in [0.29, 0.717) is 11.6 Å². The first kappa shape index (κ1) is 17.0. The average Bonchev–Trinajstić information content (AvgIpc) is 3.15. The molecule has 136 valence electrons. The molecule has 0 amide bonds. The van der Waals surface area contributed by atoms with Gasteiger partial charge in [-0.05, 0) is 38.1 Å². The molecule has 27 heavy (non-hydrogen) atoms. The molecule has 2 aromatic carbocycles. The third-order valence-electron chi connectivity index (χ3n) is 4.52. The third kappa shape index (κ3) is 2.87. The van der Waals surface area contributed by atoms with E-state index < -0.39 is 0 Å². The standard InChI is InChI=1S/C20H20N6O/c1-3-24(4-2)20-21-18-17(19(27)25(20)15-11-7-5-8-12-15)22-23-26(18)16-13-9-6-10-14-16/h5-14H,3-4H2,1-2H3. The van der Waals surface area contributed by atoms with Crippen LogP contribution in [-0.4, -0.2) is 37.6 Å². The second-order valence-electron chi connectivity index (χ2n) is 6.07. The predicted molar refractivity (Wildman–Crippen MR) is 106 cm³/mol. The van der Waals surface area contributed by atoms with E-state index >= 15 is 0 Å². The Hall–Kier alpha value is -3.48. The summed E-state index contributed by atoms with van der Waals surface area (Å²) < 4.78 is 3.22. The van der Waals surface area contributed by atoms with Gasteiger partial charge in [0.2, 0.25) is 5.95 Å². The molecule has 0 atom stereocenters. The molecule has 0 aliphatic carbocycles. The number of rotatable bonds is 5.